The van der Waals surface area contributed by atoms with Crippen molar-refractivity contribution < 1.29 is 4.42 Å². The second-order valence-electron chi connectivity index (χ2n) is 4.98. The van der Waals surface area contributed by atoms with Crippen molar-refractivity contribution in [3.05, 3.63) is 22.6 Å². The summed E-state index contributed by atoms with van der Waals surface area (Å²) in [5.41, 5.74) is 6.10. The molecule has 17 heavy (non-hydrogen) atoms. The van der Waals surface area contributed by atoms with Crippen molar-refractivity contribution in [2.24, 2.45) is 5.73 Å². The molecule has 2 rings (SSSR count). The van der Waals surface area contributed by atoms with Crippen molar-refractivity contribution in [1.29, 1.82) is 0 Å². The molecule has 2 heterocycles. The molecule has 0 radical (unpaired) electrons. The van der Waals surface area contributed by atoms with Gasteiger partial charge in [-0.2, -0.15) is 0 Å². The summed E-state index contributed by atoms with van der Waals surface area (Å²) in [7, 11) is 0. The van der Waals surface area contributed by atoms with Gasteiger partial charge in [-0.05, 0) is 61.3 Å². The Labute approximate surface area is 111 Å². The molecule has 3 atom stereocenters. The van der Waals surface area contributed by atoms with Gasteiger partial charge in [0.1, 0.15) is 5.76 Å². The Bertz CT molecular complexity index is 364. The van der Waals surface area contributed by atoms with Gasteiger partial charge in [-0.3, -0.25) is 4.90 Å². The third-order valence-electron chi connectivity index (χ3n) is 3.70. The van der Waals surface area contributed by atoms with E-state index in [2.05, 4.69) is 34.7 Å². The Balaban J connectivity index is 2.13. The molecule has 0 spiro atoms. The van der Waals surface area contributed by atoms with E-state index in [1.807, 2.05) is 12.1 Å². The van der Waals surface area contributed by atoms with Gasteiger partial charge in [-0.1, -0.05) is 6.42 Å². The Morgan fingerprint density at radius 2 is 2.18 bits per heavy atom. The first-order valence-corrected chi connectivity index (χ1v) is 7.15. The highest BCUT2D eigenvalue weighted by Gasteiger charge is 2.30. The van der Waals surface area contributed by atoms with Crippen LogP contribution in [0.3, 0.4) is 0 Å². The molecule has 1 aliphatic rings. The molecule has 3 nitrogen and oxygen atoms in total. The van der Waals surface area contributed by atoms with Crippen LogP contribution in [-0.4, -0.2) is 23.5 Å². The lowest BCUT2D eigenvalue weighted by molar-refractivity contribution is 0.0780. The molecule has 0 aliphatic carbocycles. The number of nitrogens with zero attached hydrogens (tertiary/aromatic N) is 1. The fraction of sp³-hybridized carbons (Fsp3) is 0.692. The van der Waals surface area contributed by atoms with Crippen LogP contribution in [0.5, 0.6) is 0 Å². The molecule has 96 valence electrons. The first kappa shape index (κ1) is 13.1. The van der Waals surface area contributed by atoms with E-state index in [0.717, 1.165) is 17.0 Å². The minimum atomic E-state index is 0.219. The van der Waals surface area contributed by atoms with E-state index < -0.39 is 0 Å². The molecule has 1 aliphatic heterocycles. The van der Waals surface area contributed by atoms with Crippen molar-refractivity contribution in [3.63, 3.8) is 0 Å². The second kappa shape index (κ2) is 5.55. The van der Waals surface area contributed by atoms with Crippen molar-refractivity contribution >= 4 is 15.9 Å². The van der Waals surface area contributed by atoms with Gasteiger partial charge >= 0.3 is 0 Å². The molecule has 0 bridgehead atoms. The first-order chi connectivity index (χ1) is 8.09. The highest BCUT2D eigenvalue weighted by molar-refractivity contribution is 9.10. The predicted molar refractivity (Wildman–Crippen MR) is 72.8 cm³/mol. The number of piperidine rings is 1. The second-order valence-corrected chi connectivity index (χ2v) is 5.76. The summed E-state index contributed by atoms with van der Waals surface area (Å²) in [4.78, 5) is 2.49. The lowest BCUT2D eigenvalue weighted by Gasteiger charge is -2.41. The molecule has 1 fully saturated rings. The molecular formula is C13H21BrN2O. The third-order valence-corrected chi connectivity index (χ3v) is 4.13. The normalized spacial score (nSPS) is 25.8. The van der Waals surface area contributed by atoms with Crippen molar-refractivity contribution in [3.8, 4) is 0 Å². The van der Waals surface area contributed by atoms with Gasteiger partial charge in [0.2, 0.25) is 0 Å². The van der Waals surface area contributed by atoms with Gasteiger partial charge in [0.05, 0.1) is 6.04 Å². The maximum Gasteiger partial charge on any atom is 0.169 e. The van der Waals surface area contributed by atoms with Crippen molar-refractivity contribution in [2.45, 2.75) is 51.2 Å². The van der Waals surface area contributed by atoms with Gasteiger partial charge in [0, 0.05) is 12.1 Å². The smallest absolute Gasteiger partial charge is 0.169 e. The number of halogens is 1. The molecule has 1 aromatic rings. The summed E-state index contributed by atoms with van der Waals surface area (Å²) in [6.45, 7) is 5.42. The summed E-state index contributed by atoms with van der Waals surface area (Å²) in [6.07, 6.45) is 3.75. The van der Waals surface area contributed by atoms with Crippen LogP contribution in [0.2, 0.25) is 0 Å². The van der Waals surface area contributed by atoms with Gasteiger partial charge in [0.25, 0.3) is 0 Å². The zero-order valence-corrected chi connectivity index (χ0v) is 12.1. The number of furan rings is 1. The Morgan fingerprint density at radius 3 is 2.76 bits per heavy atom. The molecule has 1 aromatic heterocycles. The average molecular weight is 301 g/mol. The van der Waals surface area contributed by atoms with E-state index in [4.69, 9.17) is 10.2 Å². The lowest BCUT2D eigenvalue weighted by Crippen LogP contribution is -2.49. The molecule has 1 saturated heterocycles. The molecule has 0 aromatic carbocycles. The van der Waals surface area contributed by atoms with Crippen LogP contribution in [0.4, 0.5) is 0 Å². The van der Waals surface area contributed by atoms with Gasteiger partial charge in [0.15, 0.2) is 4.67 Å². The van der Waals surface area contributed by atoms with Crippen LogP contribution in [0.15, 0.2) is 21.2 Å². The SMILES string of the molecule is CC(N)C1CCCCN1C(C)c1ccc(Br)o1. The average Bonchev–Trinajstić information content (AvgIpc) is 2.75. The van der Waals surface area contributed by atoms with E-state index in [1.54, 1.807) is 0 Å². The van der Waals surface area contributed by atoms with E-state index in [-0.39, 0.29) is 6.04 Å². The van der Waals surface area contributed by atoms with Gasteiger partial charge < -0.3 is 10.2 Å². The summed E-state index contributed by atoms with van der Waals surface area (Å²) in [5, 5.41) is 0. The fourth-order valence-electron chi connectivity index (χ4n) is 2.74. The predicted octanol–water partition coefficient (Wildman–Crippen LogP) is 3.30. The summed E-state index contributed by atoms with van der Waals surface area (Å²) >= 11 is 3.36. The fourth-order valence-corrected chi connectivity index (χ4v) is 3.06. The van der Waals surface area contributed by atoms with Crippen molar-refractivity contribution in [1.82, 2.24) is 4.90 Å². The zero-order valence-electron chi connectivity index (χ0n) is 10.5. The van der Waals surface area contributed by atoms with E-state index >= 15 is 0 Å². The summed E-state index contributed by atoms with van der Waals surface area (Å²) < 4.78 is 6.46. The van der Waals surface area contributed by atoms with E-state index in [1.165, 1.54) is 19.3 Å². The van der Waals surface area contributed by atoms with E-state index in [0.29, 0.717) is 12.1 Å². The Hall–Kier alpha value is -0.320. The number of nitrogens with two attached hydrogens (primary N) is 1. The Morgan fingerprint density at radius 1 is 1.41 bits per heavy atom. The minimum absolute atomic E-state index is 0.219. The number of rotatable bonds is 3. The van der Waals surface area contributed by atoms with Gasteiger partial charge in [-0.25, -0.2) is 0 Å². The lowest BCUT2D eigenvalue weighted by atomic mass is 9.95. The third kappa shape index (κ3) is 2.92. The quantitative estimate of drug-likeness (QED) is 0.931. The monoisotopic (exact) mass is 300 g/mol. The van der Waals surface area contributed by atoms with E-state index in [9.17, 15) is 0 Å². The summed E-state index contributed by atoms with van der Waals surface area (Å²) in [6, 6.07) is 4.99. The zero-order chi connectivity index (χ0) is 12.4. The van der Waals surface area contributed by atoms with Crippen LogP contribution >= 0.6 is 15.9 Å². The number of hydrogen-bond acceptors (Lipinski definition) is 3. The van der Waals surface area contributed by atoms with Crippen LogP contribution in [0.25, 0.3) is 0 Å². The molecule has 4 heteroatoms. The summed E-state index contributed by atoms with van der Waals surface area (Å²) in [5.74, 6) is 1.02. The first-order valence-electron chi connectivity index (χ1n) is 6.36. The minimum Gasteiger partial charge on any atom is -0.453 e. The number of hydrogen-bond donors (Lipinski definition) is 1. The van der Waals surface area contributed by atoms with Crippen LogP contribution < -0.4 is 5.73 Å². The molecule has 2 N–H and O–H groups in total. The van der Waals surface area contributed by atoms with Gasteiger partial charge in [-0.15, -0.1) is 0 Å². The molecule has 3 unspecified atom stereocenters. The van der Waals surface area contributed by atoms with Crippen LogP contribution in [0.1, 0.15) is 44.9 Å². The maximum absolute atomic E-state index is 6.10. The maximum atomic E-state index is 6.10. The standard InChI is InChI=1S/C13H21BrN2O/c1-9(15)11-5-3-4-8-16(11)10(2)12-6-7-13(14)17-12/h6-7,9-11H,3-5,8,15H2,1-2H3. The van der Waals surface area contributed by atoms with Crippen LogP contribution in [-0.2, 0) is 0 Å². The highest BCUT2D eigenvalue weighted by Crippen LogP contribution is 2.31. The van der Waals surface area contributed by atoms with Crippen molar-refractivity contribution in [2.75, 3.05) is 6.54 Å². The molecule has 0 amide bonds. The number of likely N-dealkylation sites (tertiary alicyclic amines) is 1. The largest absolute Gasteiger partial charge is 0.453 e. The Kier molecular flexibility index (Phi) is 4.28. The highest BCUT2D eigenvalue weighted by atomic mass is 79.9. The van der Waals surface area contributed by atoms with Crippen LogP contribution in [0, 0.1) is 0 Å². The molecular weight excluding hydrogens is 280 g/mol. The molecule has 0 saturated carbocycles. The topological polar surface area (TPSA) is 42.4 Å².